The second-order valence-corrected chi connectivity index (χ2v) is 5.04. The van der Waals surface area contributed by atoms with E-state index < -0.39 is 12.5 Å². The first-order valence-corrected chi connectivity index (χ1v) is 6.68. The Bertz CT molecular complexity index is 649. The zero-order valence-corrected chi connectivity index (χ0v) is 11.1. The van der Waals surface area contributed by atoms with Gasteiger partial charge >= 0.3 is 6.36 Å². The van der Waals surface area contributed by atoms with Crippen LogP contribution in [0, 0.1) is 0 Å². The van der Waals surface area contributed by atoms with Gasteiger partial charge in [0.2, 0.25) is 0 Å². The summed E-state index contributed by atoms with van der Waals surface area (Å²) in [5, 5.41) is 9.94. The number of aliphatic hydroxyl groups is 1. The predicted octanol–water partition coefficient (Wildman–Crippen LogP) is 3.75. The van der Waals surface area contributed by atoms with E-state index in [0.717, 1.165) is 24.1 Å². The van der Waals surface area contributed by atoms with E-state index in [-0.39, 0.29) is 5.75 Å². The first kappa shape index (κ1) is 14.0. The number of hydrogen-bond acceptors (Lipinski definition) is 2. The Hall–Kier alpha value is -1.95. The fraction of sp³-hybridized carbons (Fsp3) is 0.333. The summed E-state index contributed by atoms with van der Waals surface area (Å²) in [7, 11) is 0. The summed E-state index contributed by atoms with van der Waals surface area (Å²) in [4.78, 5) is 0. The number of alkyl halides is 3. The summed E-state index contributed by atoms with van der Waals surface area (Å²) in [6, 6.07) is 7.65. The molecule has 1 heterocycles. The topological polar surface area (TPSA) is 34.4 Å². The van der Waals surface area contributed by atoms with Crippen LogP contribution < -0.4 is 4.74 Å². The summed E-state index contributed by atoms with van der Waals surface area (Å²) >= 11 is 0. The van der Waals surface area contributed by atoms with Crippen LogP contribution in [-0.4, -0.2) is 16.0 Å². The smallest absolute Gasteiger partial charge is 0.406 e. The highest BCUT2D eigenvalue weighted by Crippen LogP contribution is 2.33. The predicted molar refractivity (Wildman–Crippen MR) is 70.3 cm³/mol. The summed E-state index contributed by atoms with van der Waals surface area (Å²) in [6.07, 6.45) is -1.06. The molecule has 2 aromatic rings. The standard InChI is InChI=1S/C15H14F3NO2/c16-15(17,18)21-11-4-1-3-10(9-11)19-8-7-12-13(19)5-2-6-14(12)20/h1,3-4,7-9,14,20H,2,5-6H2. The van der Waals surface area contributed by atoms with Crippen molar-refractivity contribution in [2.24, 2.45) is 0 Å². The van der Waals surface area contributed by atoms with Gasteiger partial charge in [-0.3, -0.25) is 0 Å². The number of rotatable bonds is 2. The van der Waals surface area contributed by atoms with E-state index in [2.05, 4.69) is 4.74 Å². The van der Waals surface area contributed by atoms with Crippen molar-refractivity contribution in [1.29, 1.82) is 0 Å². The molecule has 0 saturated carbocycles. The highest BCUT2D eigenvalue weighted by atomic mass is 19.4. The van der Waals surface area contributed by atoms with Gasteiger partial charge in [-0.25, -0.2) is 0 Å². The molecule has 0 saturated heterocycles. The maximum atomic E-state index is 12.3. The lowest BCUT2D eigenvalue weighted by atomic mass is 9.95. The van der Waals surface area contributed by atoms with Crippen LogP contribution in [-0.2, 0) is 6.42 Å². The van der Waals surface area contributed by atoms with Crippen molar-refractivity contribution >= 4 is 0 Å². The number of aliphatic hydroxyl groups excluding tert-OH is 1. The zero-order chi connectivity index (χ0) is 15.0. The maximum Gasteiger partial charge on any atom is 0.573 e. The van der Waals surface area contributed by atoms with E-state index in [1.165, 1.54) is 18.2 Å². The Morgan fingerprint density at radius 1 is 1.24 bits per heavy atom. The monoisotopic (exact) mass is 297 g/mol. The fourth-order valence-electron chi connectivity index (χ4n) is 2.74. The highest BCUT2D eigenvalue weighted by Gasteiger charge is 2.31. The zero-order valence-electron chi connectivity index (χ0n) is 11.1. The fourth-order valence-corrected chi connectivity index (χ4v) is 2.74. The van der Waals surface area contributed by atoms with Crippen LogP contribution in [0.1, 0.15) is 30.2 Å². The Labute approximate surface area is 119 Å². The summed E-state index contributed by atoms with van der Waals surface area (Å²) in [5.74, 6) is -0.251. The Balaban J connectivity index is 1.96. The number of aromatic nitrogens is 1. The van der Waals surface area contributed by atoms with E-state index in [9.17, 15) is 18.3 Å². The van der Waals surface area contributed by atoms with Crippen LogP contribution >= 0.6 is 0 Å². The van der Waals surface area contributed by atoms with E-state index in [1.54, 1.807) is 16.8 Å². The lowest BCUT2D eigenvalue weighted by Gasteiger charge is -2.20. The number of fused-ring (bicyclic) bond motifs is 1. The van der Waals surface area contributed by atoms with Gasteiger partial charge in [0.05, 0.1) is 6.10 Å². The number of ether oxygens (including phenoxy) is 1. The first-order valence-electron chi connectivity index (χ1n) is 6.68. The van der Waals surface area contributed by atoms with Gasteiger partial charge in [-0.05, 0) is 37.5 Å². The van der Waals surface area contributed by atoms with E-state index in [4.69, 9.17) is 0 Å². The molecule has 1 aromatic carbocycles. The third-order valence-corrected chi connectivity index (χ3v) is 3.61. The van der Waals surface area contributed by atoms with Crippen LogP contribution in [0.2, 0.25) is 0 Å². The van der Waals surface area contributed by atoms with E-state index in [0.29, 0.717) is 12.1 Å². The second kappa shape index (κ2) is 5.11. The normalized spacial score (nSPS) is 18.4. The van der Waals surface area contributed by atoms with Gasteiger partial charge in [-0.2, -0.15) is 0 Å². The summed E-state index contributed by atoms with van der Waals surface area (Å²) < 4.78 is 42.6. The number of halogens is 3. The molecule has 0 radical (unpaired) electrons. The molecule has 0 amide bonds. The van der Waals surface area contributed by atoms with Crippen molar-refractivity contribution < 1.29 is 23.0 Å². The molecule has 1 unspecified atom stereocenters. The van der Waals surface area contributed by atoms with Crippen LogP contribution in [0.5, 0.6) is 5.75 Å². The van der Waals surface area contributed by atoms with E-state index in [1.807, 2.05) is 6.07 Å². The molecular formula is C15H14F3NO2. The van der Waals surface area contributed by atoms with Gasteiger partial charge in [0, 0.05) is 29.2 Å². The number of benzene rings is 1. The maximum absolute atomic E-state index is 12.3. The Morgan fingerprint density at radius 3 is 2.81 bits per heavy atom. The summed E-state index contributed by atoms with van der Waals surface area (Å²) in [6.45, 7) is 0. The van der Waals surface area contributed by atoms with Gasteiger partial charge in [0.1, 0.15) is 5.75 Å². The van der Waals surface area contributed by atoms with Gasteiger partial charge in [-0.15, -0.1) is 13.2 Å². The number of nitrogens with zero attached hydrogens (tertiary/aromatic N) is 1. The largest absolute Gasteiger partial charge is 0.573 e. The quantitative estimate of drug-likeness (QED) is 0.916. The van der Waals surface area contributed by atoms with Crippen molar-refractivity contribution in [3.05, 3.63) is 47.8 Å². The second-order valence-electron chi connectivity index (χ2n) is 5.04. The van der Waals surface area contributed by atoms with Crippen LogP contribution in [0.15, 0.2) is 36.5 Å². The van der Waals surface area contributed by atoms with Gasteiger partial charge < -0.3 is 14.4 Å². The minimum Gasteiger partial charge on any atom is -0.406 e. The van der Waals surface area contributed by atoms with Crippen molar-refractivity contribution in [3.8, 4) is 11.4 Å². The molecule has 0 aliphatic heterocycles. The van der Waals surface area contributed by atoms with Crippen molar-refractivity contribution in [1.82, 2.24) is 4.57 Å². The molecule has 0 spiro atoms. The molecule has 3 nitrogen and oxygen atoms in total. The lowest BCUT2D eigenvalue weighted by Crippen LogP contribution is -2.17. The van der Waals surface area contributed by atoms with Crippen LogP contribution in [0.3, 0.4) is 0 Å². The highest BCUT2D eigenvalue weighted by molar-refractivity contribution is 5.44. The average Bonchev–Trinajstić information content (AvgIpc) is 2.82. The van der Waals surface area contributed by atoms with Crippen molar-refractivity contribution in [2.45, 2.75) is 31.7 Å². The molecule has 1 aromatic heterocycles. The van der Waals surface area contributed by atoms with Gasteiger partial charge in [-0.1, -0.05) is 6.07 Å². The van der Waals surface area contributed by atoms with Crippen molar-refractivity contribution in [3.63, 3.8) is 0 Å². The minimum atomic E-state index is -4.70. The molecule has 1 N–H and O–H groups in total. The molecule has 112 valence electrons. The molecule has 6 heteroatoms. The van der Waals surface area contributed by atoms with Gasteiger partial charge in [0.25, 0.3) is 0 Å². The van der Waals surface area contributed by atoms with Crippen molar-refractivity contribution in [2.75, 3.05) is 0 Å². The molecule has 1 aliphatic rings. The van der Waals surface area contributed by atoms with Gasteiger partial charge in [0.15, 0.2) is 0 Å². The summed E-state index contributed by atoms with van der Waals surface area (Å²) in [5.41, 5.74) is 2.38. The third-order valence-electron chi connectivity index (χ3n) is 3.61. The third kappa shape index (κ3) is 2.90. The Morgan fingerprint density at radius 2 is 2.05 bits per heavy atom. The molecular weight excluding hydrogens is 283 g/mol. The molecule has 21 heavy (non-hydrogen) atoms. The van der Waals surface area contributed by atoms with Crippen LogP contribution in [0.25, 0.3) is 5.69 Å². The molecule has 1 aliphatic carbocycles. The minimum absolute atomic E-state index is 0.251. The molecule has 0 bridgehead atoms. The van der Waals surface area contributed by atoms with Crippen LogP contribution in [0.4, 0.5) is 13.2 Å². The van der Waals surface area contributed by atoms with E-state index >= 15 is 0 Å². The lowest BCUT2D eigenvalue weighted by molar-refractivity contribution is -0.274. The molecule has 3 rings (SSSR count). The SMILES string of the molecule is OC1CCCc2c1ccn2-c1cccc(OC(F)(F)F)c1. The Kier molecular flexibility index (Phi) is 3.41. The number of hydrogen-bond donors (Lipinski definition) is 1. The molecule has 0 fully saturated rings. The first-order chi connectivity index (χ1) is 9.94. The average molecular weight is 297 g/mol. The molecule has 1 atom stereocenters.